The van der Waals surface area contributed by atoms with Crippen molar-refractivity contribution in [3.63, 3.8) is 0 Å². The number of hydrogen-bond donors (Lipinski definition) is 1. The first kappa shape index (κ1) is 27.0. The number of carbonyl (C=O) groups is 1. The van der Waals surface area contributed by atoms with Crippen LogP contribution in [0.4, 0.5) is 10.5 Å². The zero-order chi connectivity index (χ0) is 27.2. The van der Waals surface area contributed by atoms with Gasteiger partial charge in [0.05, 0.1) is 10.6 Å². The Labute approximate surface area is 218 Å². The van der Waals surface area contributed by atoms with Crippen LogP contribution < -0.4 is 4.31 Å². The highest BCUT2D eigenvalue weighted by Crippen LogP contribution is 2.35. The number of aromatic nitrogens is 1. The molecule has 0 spiro atoms. The van der Waals surface area contributed by atoms with E-state index in [1.54, 1.807) is 41.3 Å². The van der Waals surface area contributed by atoms with Crippen LogP contribution in [0.25, 0.3) is 10.9 Å². The molecule has 0 saturated carbocycles. The number of piperidine rings is 1. The van der Waals surface area contributed by atoms with Crippen LogP contribution in [-0.4, -0.2) is 64.8 Å². The molecule has 1 saturated heterocycles. The van der Waals surface area contributed by atoms with Gasteiger partial charge in [0.25, 0.3) is 10.0 Å². The summed E-state index contributed by atoms with van der Waals surface area (Å²) in [6.07, 6.45) is 2.00. The topological polar surface area (TPSA) is 117 Å². The van der Waals surface area contributed by atoms with Gasteiger partial charge in [0, 0.05) is 37.3 Å². The van der Waals surface area contributed by atoms with E-state index in [1.165, 1.54) is 13.1 Å². The summed E-state index contributed by atoms with van der Waals surface area (Å²) in [5.41, 5.74) is 0.972. The van der Waals surface area contributed by atoms with Gasteiger partial charge in [-0.25, -0.2) is 13.2 Å². The summed E-state index contributed by atoms with van der Waals surface area (Å²) in [7, 11) is -6.45. The van der Waals surface area contributed by atoms with E-state index in [-0.39, 0.29) is 27.6 Å². The number of likely N-dealkylation sites (tertiary alicyclic amines) is 1. The molecule has 3 aromatic rings. The summed E-state index contributed by atoms with van der Waals surface area (Å²) in [4.78, 5) is 16.9. The molecular formula is C26H33N3O6S2. The third-order valence-corrected chi connectivity index (χ3v) is 9.30. The number of benzene rings is 2. The van der Waals surface area contributed by atoms with Crippen molar-refractivity contribution in [1.82, 2.24) is 9.88 Å². The third kappa shape index (κ3) is 5.77. The molecule has 2 aromatic carbocycles. The van der Waals surface area contributed by atoms with Crippen LogP contribution in [0.3, 0.4) is 0 Å². The van der Waals surface area contributed by atoms with Crippen molar-refractivity contribution in [2.75, 3.05) is 30.7 Å². The molecule has 1 fully saturated rings. The second-order valence-corrected chi connectivity index (χ2v) is 14.4. The zero-order valence-electron chi connectivity index (χ0n) is 21.7. The van der Waals surface area contributed by atoms with Gasteiger partial charge in [-0.05, 0) is 69.4 Å². The van der Waals surface area contributed by atoms with Crippen molar-refractivity contribution in [3.8, 4) is 0 Å². The predicted molar refractivity (Wildman–Crippen MR) is 143 cm³/mol. The molecule has 11 heteroatoms. The molecule has 1 amide bonds. The molecule has 0 aliphatic carbocycles. The summed E-state index contributed by atoms with van der Waals surface area (Å²) in [6.45, 7) is 6.44. The molecule has 4 rings (SSSR count). The number of fused-ring (bicyclic) bond motifs is 1. The van der Waals surface area contributed by atoms with Crippen LogP contribution in [0.1, 0.15) is 45.1 Å². The smallest absolute Gasteiger partial charge is 0.410 e. The van der Waals surface area contributed by atoms with E-state index in [1.807, 2.05) is 26.8 Å². The summed E-state index contributed by atoms with van der Waals surface area (Å²) < 4.78 is 58.8. The number of hydrogen-bond acceptors (Lipinski definition) is 6. The molecule has 2 heterocycles. The second-order valence-electron chi connectivity index (χ2n) is 10.4. The predicted octanol–water partition coefficient (Wildman–Crippen LogP) is 4.51. The monoisotopic (exact) mass is 547 g/mol. The number of ether oxygens (including phenoxy) is 1. The zero-order valence-corrected chi connectivity index (χ0v) is 23.3. The number of anilines is 1. The van der Waals surface area contributed by atoms with Gasteiger partial charge in [-0.15, -0.1) is 0 Å². The van der Waals surface area contributed by atoms with E-state index < -0.39 is 25.5 Å². The van der Waals surface area contributed by atoms with Crippen molar-refractivity contribution in [1.29, 1.82) is 0 Å². The van der Waals surface area contributed by atoms with E-state index in [0.29, 0.717) is 31.4 Å². The summed E-state index contributed by atoms with van der Waals surface area (Å²) in [5.74, 6) is 0.0313. The second kappa shape index (κ2) is 9.68. The fourth-order valence-electron chi connectivity index (χ4n) is 4.53. The van der Waals surface area contributed by atoms with Crippen molar-refractivity contribution < 1.29 is 26.4 Å². The normalized spacial score (nSPS) is 15.6. The molecule has 0 unspecified atom stereocenters. The fourth-order valence-corrected chi connectivity index (χ4v) is 6.75. The largest absolute Gasteiger partial charge is 0.444 e. The summed E-state index contributed by atoms with van der Waals surface area (Å²) in [5, 5.41) is 0.722. The van der Waals surface area contributed by atoms with Gasteiger partial charge in [-0.3, -0.25) is 4.31 Å². The Morgan fingerprint density at radius 1 is 1.03 bits per heavy atom. The summed E-state index contributed by atoms with van der Waals surface area (Å²) in [6, 6.07) is 13.6. The molecule has 37 heavy (non-hydrogen) atoms. The SMILES string of the molecule is CN(c1ccc(C2CCN(C(=O)OC(C)(C)C)CC2)cc1S(C)(=O)=O)S(=O)(=O)c1cc2ccccc2[nH]1. The number of rotatable bonds is 5. The van der Waals surface area contributed by atoms with Crippen LogP contribution >= 0.6 is 0 Å². The van der Waals surface area contributed by atoms with Crippen molar-refractivity contribution in [3.05, 3.63) is 54.1 Å². The van der Waals surface area contributed by atoms with Crippen LogP contribution in [0.5, 0.6) is 0 Å². The van der Waals surface area contributed by atoms with Crippen LogP contribution in [0, 0.1) is 0 Å². The van der Waals surface area contributed by atoms with Gasteiger partial charge in [0.1, 0.15) is 5.60 Å². The Morgan fingerprint density at radius 2 is 1.68 bits per heavy atom. The van der Waals surface area contributed by atoms with E-state index in [0.717, 1.165) is 21.5 Å². The molecule has 1 aromatic heterocycles. The highest BCUT2D eigenvalue weighted by atomic mass is 32.2. The maximum atomic E-state index is 13.4. The first-order valence-electron chi connectivity index (χ1n) is 12.1. The molecule has 1 aliphatic rings. The number of amides is 1. The van der Waals surface area contributed by atoms with E-state index in [4.69, 9.17) is 4.74 Å². The van der Waals surface area contributed by atoms with Gasteiger partial charge in [-0.1, -0.05) is 24.3 Å². The van der Waals surface area contributed by atoms with E-state index in [2.05, 4.69) is 4.98 Å². The number of sulfonamides is 1. The number of para-hydroxylation sites is 1. The standard InChI is InChI=1S/C26H33N3O6S2/c1-26(2,3)35-25(30)29-14-12-18(13-15-29)19-10-11-22(23(16-19)36(5,31)32)28(4)37(33,34)24-17-20-8-6-7-9-21(20)27-24/h6-11,16-18,27H,12-15H2,1-5H3. The minimum Gasteiger partial charge on any atom is -0.444 e. The first-order valence-corrected chi connectivity index (χ1v) is 15.4. The van der Waals surface area contributed by atoms with Crippen LogP contribution in [0.2, 0.25) is 0 Å². The van der Waals surface area contributed by atoms with E-state index >= 15 is 0 Å². The van der Waals surface area contributed by atoms with Gasteiger partial charge >= 0.3 is 6.09 Å². The molecule has 1 aliphatic heterocycles. The third-order valence-electron chi connectivity index (χ3n) is 6.48. The van der Waals surface area contributed by atoms with Gasteiger partial charge in [0.15, 0.2) is 14.9 Å². The highest BCUT2D eigenvalue weighted by molar-refractivity contribution is 7.93. The Bertz CT molecular complexity index is 1500. The lowest BCUT2D eigenvalue weighted by Crippen LogP contribution is -2.41. The summed E-state index contributed by atoms with van der Waals surface area (Å²) >= 11 is 0. The van der Waals surface area contributed by atoms with E-state index in [9.17, 15) is 21.6 Å². The maximum Gasteiger partial charge on any atom is 0.410 e. The van der Waals surface area contributed by atoms with Gasteiger partial charge in [0.2, 0.25) is 0 Å². The fraction of sp³-hybridized carbons (Fsp3) is 0.423. The minimum absolute atomic E-state index is 0.0192. The van der Waals surface area contributed by atoms with Crippen molar-refractivity contribution in [2.24, 2.45) is 0 Å². The lowest BCUT2D eigenvalue weighted by Gasteiger charge is -2.34. The molecular weight excluding hydrogens is 514 g/mol. The highest BCUT2D eigenvalue weighted by Gasteiger charge is 2.31. The number of H-pyrrole nitrogens is 1. The van der Waals surface area contributed by atoms with Crippen molar-refractivity contribution in [2.45, 2.75) is 55.1 Å². The number of nitrogens with one attached hydrogen (secondary N) is 1. The quantitative estimate of drug-likeness (QED) is 0.502. The molecule has 0 atom stereocenters. The molecule has 200 valence electrons. The van der Waals surface area contributed by atoms with Crippen LogP contribution in [0.15, 0.2) is 58.5 Å². The minimum atomic E-state index is -4.05. The Hall–Kier alpha value is -3.05. The number of aromatic amines is 1. The van der Waals surface area contributed by atoms with Crippen molar-refractivity contribution >= 4 is 42.5 Å². The van der Waals surface area contributed by atoms with Gasteiger partial charge in [-0.2, -0.15) is 8.42 Å². The number of sulfone groups is 1. The molecule has 0 bridgehead atoms. The lowest BCUT2D eigenvalue weighted by molar-refractivity contribution is 0.0205. The Balaban J connectivity index is 1.60. The average molecular weight is 548 g/mol. The number of nitrogens with zero attached hydrogens (tertiary/aromatic N) is 2. The first-order chi connectivity index (χ1) is 17.2. The molecule has 1 N–H and O–H groups in total. The average Bonchev–Trinajstić information content (AvgIpc) is 3.27. The number of carbonyl (C=O) groups excluding carboxylic acids is 1. The lowest BCUT2D eigenvalue weighted by atomic mass is 9.89. The van der Waals surface area contributed by atoms with Gasteiger partial charge < -0.3 is 14.6 Å². The Kier molecular flexibility index (Phi) is 7.06. The Morgan fingerprint density at radius 3 is 2.27 bits per heavy atom. The maximum absolute atomic E-state index is 13.4. The molecule has 9 nitrogen and oxygen atoms in total. The van der Waals surface area contributed by atoms with Crippen LogP contribution in [-0.2, 0) is 24.6 Å². The molecule has 0 radical (unpaired) electrons.